The number of aromatic hydroxyl groups is 1. The van der Waals surface area contributed by atoms with Gasteiger partial charge < -0.3 is 15.1 Å². The molecule has 1 aliphatic rings. The molecule has 8 nitrogen and oxygen atoms in total. The SMILES string of the molecule is O=C(O)c1cc(N(Cc2ccc(C3CCCCC3)cc2)C(=O)CNS(=O)(=O)c2ccc(-c3ccccc3)c(Cc3ccccc3)c2)ccc1O. The van der Waals surface area contributed by atoms with Crippen molar-refractivity contribution >= 4 is 27.6 Å². The zero-order valence-electron chi connectivity index (χ0n) is 27.7. The molecule has 0 aliphatic heterocycles. The van der Waals surface area contributed by atoms with Crippen molar-refractivity contribution in [1.29, 1.82) is 0 Å². The summed E-state index contributed by atoms with van der Waals surface area (Å²) in [5, 5.41) is 19.8. The van der Waals surface area contributed by atoms with E-state index in [0.717, 1.165) is 40.7 Å². The highest BCUT2D eigenvalue weighted by Gasteiger charge is 2.24. The van der Waals surface area contributed by atoms with Gasteiger partial charge in [0.05, 0.1) is 18.0 Å². The van der Waals surface area contributed by atoms with Crippen LogP contribution in [0.5, 0.6) is 5.75 Å². The first kappa shape index (κ1) is 34.6. The number of hydrogen-bond acceptors (Lipinski definition) is 5. The van der Waals surface area contributed by atoms with Crippen LogP contribution in [0.25, 0.3) is 11.1 Å². The van der Waals surface area contributed by atoms with E-state index in [0.29, 0.717) is 12.3 Å². The summed E-state index contributed by atoms with van der Waals surface area (Å²) in [6.07, 6.45) is 6.49. The monoisotopic (exact) mass is 688 g/mol. The molecule has 1 aliphatic carbocycles. The van der Waals surface area contributed by atoms with E-state index in [1.54, 1.807) is 12.1 Å². The molecule has 9 heteroatoms. The largest absolute Gasteiger partial charge is 0.507 e. The summed E-state index contributed by atoms with van der Waals surface area (Å²) in [4.78, 5) is 27.0. The Morgan fingerprint density at radius 2 is 1.44 bits per heavy atom. The fraction of sp³-hybridized carbons (Fsp3) is 0.220. The van der Waals surface area contributed by atoms with Crippen LogP contribution < -0.4 is 9.62 Å². The number of sulfonamides is 1. The summed E-state index contributed by atoms with van der Waals surface area (Å²) in [5.41, 5.74) is 5.62. The average Bonchev–Trinajstić information content (AvgIpc) is 3.14. The Kier molecular flexibility index (Phi) is 10.7. The molecule has 6 rings (SSSR count). The summed E-state index contributed by atoms with van der Waals surface area (Å²) < 4.78 is 29.9. The van der Waals surface area contributed by atoms with Gasteiger partial charge in [0.15, 0.2) is 0 Å². The van der Waals surface area contributed by atoms with E-state index in [-0.39, 0.29) is 22.7 Å². The van der Waals surface area contributed by atoms with E-state index in [9.17, 15) is 28.2 Å². The molecular formula is C41H40N2O6S. The van der Waals surface area contributed by atoms with Gasteiger partial charge in [-0.05, 0) is 88.9 Å². The van der Waals surface area contributed by atoms with Gasteiger partial charge in [0.1, 0.15) is 11.3 Å². The second kappa shape index (κ2) is 15.5. The van der Waals surface area contributed by atoms with E-state index < -0.39 is 34.2 Å². The minimum absolute atomic E-state index is 0.0264. The normalized spacial score (nSPS) is 13.5. The van der Waals surface area contributed by atoms with Gasteiger partial charge in [-0.3, -0.25) is 4.79 Å². The number of nitrogens with zero attached hydrogens (tertiary/aromatic N) is 1. The molecule has 0 radical (unpaired) electrons. The van der Waals surface area contributed by atoms with E-state index in [4.69, 9.17) is 0 Å². The lowest BCUT2D eigenvalue weighted by Crippen LogP contribution is -2.40. The third kappa shape index (κ3) is 8.30. The lowest BCUT2D eigenvalue weighted by atomic mass is 9.84. The number of carboxylic acids is 1. The van der Waals surface area contributed by atoms with Crippen molar-refractivity contribution in [2.45, 2.75) is 55.9 Å². The predicted octanol–water partition coefficient (Wildman–Crippen LogP) is 7.91. The Morgan fingerprint density at radius 1 is 0.760 bits per heavy atom. The van der Waals surface area contributed by atoms with Crippen molar-refractivity contribution in [1.82, 2.24) is 4.72 Å². The van der Waals surface area contributed by atoms with Gasteiger partial charge in [-0.25, -0.2) is 17.9 Å². The molecule has 0 aromatic heterocycles. The first-order valence-corrected chi connectivity index (χ1v) is 18.3. The van der Waals surface area contributed by atoms with E-state index >= 15 is 0 Å². The third-order valence-electron chi connectivity index (χ3n) is 9.34. The zero-order chi connectivity index (χ0) is 35.1. The minimum atomic E-state index is -4.14. The molecular weight excluding hydrogens is 649 g/mol. The molecule has 256 valence electrons. The Balaban J connectivity index is 1.25. The Hall–Kier alpha value is -5.25. The summed E-state index contributed by atoms with van der Waals surface area (Å²) in [7, 11) is -4.14. The number of rotatable bonds is 12. The number of nitrogens with one attached hydrogen (secondary N) is 1. The summed E-state index contributed by atoms with van der Waals surface area (Å²) in [6.45, 7) is -0.497. The molecule has 0 heterocycles. The Labute approximate surface area is 293 Å². The van der Waals surface area contributed by atoms with E-state index in [2.05, 4.69) is 16.9 Å². The lowest BCUT2D eigenvalue weighted by Gasteiger charge is -2.25. The van der Waals surface area contributed by atoms with Crippen LogP contribution in [0.3, 0.4) is 0 Å². The van der Waals surface area contributed by atoms with Crippen LogP contribution in [0.4, 0.5) is 5.69 Å². The number of phenols is 1. The molecule has 3 N–H and O–H groups in total. The van der Waals surface area contributed by atoms with Crippen molar-refractivity contribution in [2.75, 3.05) is 11.4 Å². The molecule has 0 bridgehead atoms. The second-order valence-electron chi connectivity index (χ2n) is 12.7. The average molecular weight is 689 g/mol. The molecule has 1 fully saturated rings. The molecule has 0 atom stereocenters. The summed E-state index contributed by atoms with van der Waals surface area (Å²) >= 11 is 0. The predicted molar refractivity (Wildman–Crippen MR) is 195 cm³/mol. The highest BCUT2D eigenvalue weighted by Crippen LogP contribution is 2.33. The number of carboxylic acid groups (broad SMARTS) is 1. The van der Waals surface area contributed by atoms with Crippen LogP contribution in [0, 0.1) is 0 Å². The van der Waals surface area contributed by atoms with Gasteiger partial charge in [0.25, 0.3) is 0 Å². The van der Waals surface area contributed by atoms with Crippen LogP contribution >= 0.6 is 0 Å². The fourth-order valence-electron chi connectivity index (χ4n) is 6.63. The van der Waals surface area contributed by atoms with Gasteiger partial charge in [-0.15, -0.1) is 0 Å². The van der Waals surface area contributed by atoms with Crippen LogP contribution in [-0.2, 0) is 27.8 Å². The fourth-order valence-corrected chi connectivity index (χ4v) is 7.66. The molecule has 0 saturated heterocycles. The standard InChI is InChI=1S/C41H40N2O6S/c44-39-23-20-35(26-38(39)41(46)47)43(28-30-16-18-32(19-17-30)31-12-6-2-7-13-31)40(45)27-42-50(48,49)36-21-22-37(33-14-8-3-9-15-33)34(25-36)24-29-10-4-1-5-11-29/h1,3-5,8-11,14-23,25-26,31,42,44H,2,6-7,12-13,24,27-28H2,(H,46,47). The highest BCUT2D eigenvalue weighted by atomic mass is 32.2. The molecule has 0 unspecified atom stereocenters. The maximum atomic E-state index is 13.8. The molecule has 50 heavy (non-hydrogen) atoms. The number of amides is 1. The first-order chi connectivity index (χ1) is 24.2. The maximum Gasteiger partial charge on any atom is 0.339 e. The van der Waals surface area contributed by atoms with Crippen LogP contribution in [-0.4, -0.2) is 37.1 Å². The van der Waals surface area contributed by atoms with Crippen LogP contribution in [0.1, 0.15) is 70.6 Å². The quantitative estimate of drug-likeness (QED) is 0.122. The summed E-state index contributed by atoms with van der Waals surface area (Å²) in [5.74, 6) is -1.86. The Morgan fingerprint density at radius 3 is 2.12 bits per heavy atom. The number of anilines is 1. The molecule has 0 spiro atoms. The number of carbonyl (C=O) groups is 2. The zero-order valence-corrected chi connectivity index (χ0v) is 28.5. The molecule has 1 saturated carbocycles. The highest BCUT2D eigenvalue weighted by molar-refractivity contribution is 7.89. The van der Waals surface area contributed by atoms with Gasteiger partial charge in [0.2, 0.25) is 15.9 Å². The Bertz CT molecular complexity index is 2060. The number of benzene rings is 5. The van der Waals surface area contributed by atoms with Crippen molar-refractivity contribution in [2.24, 2.45) is 0 Å². The topological polar surface area (TPSA) is 124 Å². The van der Waals surface area contributed by atoms with Gasteiger partial charge in [-0.2, -0.15) is 0 Å². The van der Waals surface area contributed by atoms with E-state index in [1.807, 2.05) is 72.8 Å². The van der Waals surface area contributed by atoms with Crippen LogP contribution in [0.15, 0.2) is 126 Å². The molecule has 5 aromatic rings. The minimum Gasteiger partial charge on any atom is -0.507 e. The van der Waals surface area contributed by atoms with Crippen molar-refractivity contribution in [3.05, 3.63) is 149 Å². The molecule has 1 amide bonds. The smallest absolute Gasteiger partial charge is 0.339 e. The van der Waals surface area contributed by atoms with Gasteiger partial charge in [0, 0.05) is 5.69 Å². The maximum absolute atomic E-state index is 13.8. The van der Waals surface area contributed by atoms with Gasteiger partial charge >= 0.3 is 5.97 Å². The lowest BCUT2D eigenvalue weighted by molar-refractivity contribution is -0.117. The first-order valence-electron chi connectivity index (χ1n) is 16.9. The molecule has 5 aromatic carbocycles. The van der Waals surface area contributed by atoms with E-state index in [1.165, 1.54) is 54.0 Å². The second-order valence-corrected chi connectivity index (χ2v) is 14.5. The van der Waals surface area contributed by atoms with Crippen molar-refractivity contribution < 1.29 is 28.2 Å². The number of carbonyl (C=O) groups excluding carboxylic acids is 1. The van der Waals surface area contributed by atoms with Crippen LogP contribution in [0.2, 0.25) is 0 Å². The van der Waals surface area contributed by atoms with Crippen molar-refractivity contribution in [3.63, 3.8) is 0 Å². The summed E-state index contributed by atoms with van der Waals surface area (Å²) in [6, 6.07) is 36.5. The number of hydrogen-bond donors (Lipinski definition) is 3. The number of aromatic carboxylic acids is 1. The van der Waals surface area contributed by atoms with Gasteiger partial charge in [-0.1, -0.05) is 110 Å². The third-order valence-corrected chi connectivity index (χ3v) is 10.7. The van der Waals surface area contributed by atoms with Crippen molar-refractivity contribution in [3.8, 4) is 16.9 Å².